The van der Waals surface area contributed by atoms with Gasteiger partial charge in [-0.2, -0.15) is 0 Å². The fraction of sp³-hybridized carbons (Fsp3) is 0.846. The molecule has 0 radical (unpaired) electrons. The van der Waals surface area contributed by atoms with Gasteiger partial charge in [-0.25, -0.2) is 9.59 Å². The number of carboxylic acids is 1. The van der Waals surface area contributed by atoms with Gasteiger partial charge in [0.05, 0.1) is 0 Å². The molecule has 2 amide bonds. The van der Waals surface area contributed by atoms with E-state index in [1.54, 1.807) is 0 Å². The number of nitrogens with one attached hydrogen (secondary N) is 1. The number of aliphatic carboxylic acids is 1. The molecule has 0 bridgehead atoms. The van der Waals surface area contributed by atoms with Gasteiger partial charge in [-0.3, -0.25) is 0 Å². The maximum absolute atomic E-state index is 12.0. The highest BCUT2D eigenvalue weighted by Gasteiger charge is 2.44. The average molecular weight is 256 g/mol. The Morgan fingerprint density at radius 1 is 1.44 bits per heavy atom. The SMILES string of the molecule is CCCCNC(=O)N1CCCC(C)(C)C1C(=O)O. The molecule has 1 saturated heterocycles. The normalized spacial score (nSPS) is 22.6. The topological polar surface area (TPSA) is 69.6 Å². The van der Waals surface area contributed by atoms with Crippen molar-refractivity contribution in [1.29, 1.82) is 0 Å². The van der Waals surface area contributed by atoms with Gasteiger partial charge < -0.3 is 15.3 Å². The molecule has 1 aliphatic rings. The van der Waals surface area contributed by atoms with Crippen molar-refractivity contribution >= 4 is 12.0 Å². The summed E-state index contributed by atoms with van der Waals surface area (Å²) in [4.78, 5) is 24.9. The first-order valence-electron chi connectivity index (χ1n) is 6.67. The zero-order valence-corrected chi connectivity index (χ0v) is 11.5. The quantitative estimate of drug-likeness (QED) is 0.756. The molecule has 2 N–H and O–H groups in total. The summed E-state index contributed by atoms with van der Waals surface area (Å²) in [5, 5.41) is 12.1. The zero-order valence-electron chi connectivity index (χ0n) is 11.5. The van der Waals surface area contributed by atoms with E-state index in [4.69, 9.17) is 0 Å². The number of rotatable bonds is 4. The minimum Gasteiger partial charge on any atom is -0.480 e. The van der Waals surface area contributed by atoms with Crippen LogP contribution in [0.1, 0.15) is 46.5 Å². The molecule has 18 heavy (non-hydrogen) atoms. The molecule has 1 heterocycles. The third-order valence-electron chi connectivity index (χ3n) is 3.57. The molecule has 0 aliphatic carbocycles. The number of carboxylic acid groups (broad SMARTS) is 1. The van der Waals surface area contributed by atoms with Crippen LogP contribution in [0.4, 0.5) is 4.79 Å². The number of carbonyl (C=O) groups excluding carboxylic acids is 1. The van der Waals surface area contributed by atoms with E-state index in [1.807, 2.05) is 13.8 Å². The summed E-state index contributed by atoms with van der Waals surface area (Å²) in [6.45, 7) is 7.02. The summed E-state index contributed by atoms with van der Waals surface area (Å²) in [5.74, 6) is -0.912. The van der Waals surface area contributed by atoms with Crippen molar-refractivity contribution in [3.63, 3.8) is 0 Å². The molecule has 1 rings (SSSR count). The van der Waals surface area contributed by atoms with Crippen LogP contribution in [0.25, 0.3) is 0 Å². The van der Waals surface area contributed by atoms with Gasteiger partial charge in [-0.05, 0) is 24.7 Å². The maximum Gasteiger partial charge on any atom is 0.327 e. The van der Waals surface area contributed by atoms with Gasteiger partial charge in [0.25, 0.3) is 0 Å². The highest BCUT2D eigenvalue weighted by atomic mass is 16.4. The lowest BCUT2D eigenvalue weighted by Gasteiger charge is -2.43. The number of likely N-dealkylation sites (tertiary alicyclic amines) is 1. The van der Waals surface area contributed by atoms with Crippen LogP contribution in [0.15, 0.2) is 0 Å². The van der Waals surface area contributed by atoms with Gasteiger partial charge in [-0.15, -0.1) is 0 Å². The van der Waals surface area contributed by atoms with Gasteiger partial charge in [0.1, 0.15) is 6.04 Å². The molecule has 1 atom stereocenters. The third-order valence-corrected chi connectivity index (χ3v) is 3.57. The molecule has 104 valence electrons. The highest BCUT2D eigenvalue weighted by molar-refractivity contribution is 5.83. The summed E-state index contributed by atoms with van der Waals surface area (Å²) in [6, 6.07) is -0.975. The smallest absolute Gasteiger partial charge is 0.327 e. The van der Waals surface area contributed by atoms with Crippen molar-refractivity contribution < 1.29 is 14.7 Å². The Kier molecular flexibility index (Phi) is 4.99. The Hall–Kier alpha value is -1.26. The first kappa shape index (κ1) is 14.8. The van der Waals surface area contributed by atoms with E-state index in [9.17, 15) is 14.7 Å². The fourth-order valence-corrected chi connectivity index (χ4v) is 2.55. The molecule has 5 nitrogen and oxygen atoms in total. The average Bonchev–Trinajstić information content (AvgIpc) is 2.26. The maximum atomic E-state index is 12.0. The summed E-state index contributed by atoms with van der Waals surface area (Å²) in [6.07, 6.45) is 3.62. The highest BCUT2D eigenvalue weighted by Crippen LogP contribution is 2.35. The Labute approximate surface area is 109 Å². The molecule has 0 aromatic heterocycles. The van der Waals surface area contributed by atoms with Gasteiger partial charge >= 0.3 is 12.0 Å². The zero-order chi connectivity index (χ0) is 13.8. The first-order chi connectivity index (χ1) is 8.40. The predicted molar refractivity (Wildman–Crippen MR) is 69.5 cm³/mol. The number of piperidine rings is 1. The van der Waals surface area contributed by atoms with E-state index < -0.39 is 12.0 Å². The minimum absolute atomic E-state index is 0.247. The number of urea groups is 1. The number of amides is 2. The Balaban J connectivity index is 2.72. The molecule has 1 aliphatic heterocycles. The Morgan fingerprint density at radius 3 is 2.67 bits per heavy atom. The molecular formula is C13H24N2O3. The number of hydrogen-bond acceptors (Lipinski definition) is 2. The van der Waals surface area contributed by atoms with Crippen molar-refractivity contribution in [2.75, 3.05) is 13.1 Å². The Bertz CT molecular complexity index is 315. The van der Waals surface area contributed by atoms with Crippen molar-refractivity contribution in [3.05, 3.63) is 0 Å². The van der Waals surface area contributed by atoms with E-state index in [0.29, 0.717) is 13.1 Å². The van der Waals surface area contributed by atoms with Crippen LogP contribution in [0, 0.1) is 5.41 Å². The standard InChI is InChI=1S/C13H24N2O3/c1-4-5-8-14-12(18)15-9-6-7-13(2,3)10(15)11(16)17/h10H,4-9H2,1-3H3,(H,14,18)(H,16,17). The Morgan fingerprint density at radius 2 is 2.11 bits per heavy atom. The number of hydrogen-bond donors (Lipinski definition) is 2. The van der Waals surface area contributed by atoms with E-state index >= 15 is 0 Å². The minimum atomic E-state index is -0.912. The summed E-state index contributed by atoms with van der Waals surface area (Å²) in [7, 11) is 0. The van der Waals surface area contributed by atoms with Crippen LogP contribution in [0.2, 0.25) is 0 Å². The van der Waals surface area contributed by atoms with Gasteiger partial charge in [0, 0.05) is 13.1 Å². The van der Waals surface area contributed by atoms with Crippen molar-refractivity contribution in [2.45, 2.75) is 52.5 Å². The molecule has 5 heteroatoms. The molecular weight excluding hydrogens is 232 g/mol. The van der Waals surface area contributed by atoms with E-state index in [2.05, 4.69) is 12.2 Å². The molecule has 0 saturated carbocycles. The number of carbonyl (C=O) groups is 2. The van der Waals surface area contributed by atoms with E-state index in [0.717, 1.165) is 25.7 Å². The monoisotopic (exact) mass is 256 g/mol. The molecule has 0 aromatic carbocycles. The van der Waals surface area contributed by atoms with Crippen LogP contribution >= 0.6 is 0 Å². The van der Waals surface area contributed by atoms with Gasteiger partial charge in [-0.1, -0.05) is 27.2 Å². The second-order valence-electron chi connectivity index (χ2n) is 5.61. The fourth-order valence-electron chi connectivity index (χ4n) is 2.55. The van der Waals surface area contributed by atoms with Gasteiger partial charge in [0.15, 0.2) is 0 Å². The molecule has 0 aromatic rings. The van der Waals surface area contributed by atoms with E-state index in [-0.39, 0.29) is 11.4 Å². The van der Waals surface area contributed by atoms with Gasteiger partial charge in [0.2, 0.25) is 0 Å². The second kappa shape index (κ2) is 6.07. The summed E-state index contributed by atoms with van der Waals surface area (Å²) < 4.78 is 0. The largest absolute Gasteiger partial charge is 0.480 e. The lowest BCUT2D eigenvalue weighted by molar-refractivity contribution is -0.148. The first-order valence-corrected chi connectivity index (χ1v) is 6.67. The van der Waals surface area contributed by atoms with Crippen LogP contribution in [0.3, 0.4) is 0 Å². The van der Waals surface area contributed by atoms with E-state index in [1.165, 1.54) is 4.90 Å². The lowest BCUT2D eigenvalue weighted by Crippen LogP contribution is -2.58. The van der Waals surface area contributed by atoms with Crippen LogP contribution in [-0.2, 0) is 4.79 Å². The lowest BCUT2D eigenvalue weighted by atomic mass is 9.76. The van der Waals surface area contributed by atoms with Crippen molar-refractivity contribution in [2.24, 2.45) is 5.41 Å². The van der Waals surface area contributed by atoms with Crippen LogP contribution in [-0.4, -0.2) is 41.1 Å². The number of unbranched alkanes of at least 4 members (excludes halogenated alkanes) is 1. The molecule has 0 spiro atoms. The van der Waals surface area contributed by atoms with Crippen molar-refractivity contribution in [1.82, 2.24) is 10.2 Å². The predicted octanol–water partition coefficient (Wildman–Crippen LogP) is 2.07. The summed E-state index contributed by atoms with van der Waals surface area (Å²) >= 11 is 0. The molecule has 1 unspecified atom stereocenters. The molecule has 1 fully saturated rings. The second-order valence-corrected chi connectivity index (χ2v) is 5.61. The van der Waals surface area contributed by atoms with Crippen molar-refractivity contribution in [3.8, 4) is 0 Å². The number of nitrogens with zero attached hydrogens (tertiary/aromatic N) is 1. The van der Waals surface area contributed by atoms with Crippen LogP contribution in [0.5, 0.6) is 0 Å². The third kappa shape index (κ3) is 3.37. The van der Waals surface area contributed by atoms with Crippen LogP contribution < -0.4 is 5.32 Å². The summed E-state index contributed by atoms with van der Waals surface area (Å²) in [5.41, 5.74) is -0.369.